The Kier molecular flexibility index (Phi) is 2.57. The Labute approximate surface area is 101 Å². The third kappa shape index (κ3) is 1.55. The van der Waals surface area contributed by atoms with Gasteiger partial charge in [0.25, 0.3) is 0 Å². The highest BCUT2D eigenvalue weighted by molar-refractivity contribution is 5.92. The van der Waals surface area contributed by atoms with Gasteiger partial charge in [0, 0.05) is 17.4 Å². The van der Waals surface area contributed by atoms with Gasteiger partial charge in [-0.2, -0.15) is 0 Å². The van der Waals surface area contributed by atoms with Crippen LogP contribution >= 0.6 is 0 Å². The minimum absolute atomic E-state index is 0.0123. The van der Waals surface area contributed by atoms with Gasteiger partial charge in [-0.15, -0.1) is 0 Å². The number of esters is 1. The Bertz CT molecular complexity index is 385. The van der Waals surface area contributed by atoms with Crippen molar-refractivity contribution in [3.8, 4) is 0 Å². The average molecular weight is 234 g/mol. The molecular weight excluding hydrogens is 216 g/mol. The fourth-order valence-corrected chi connectivity index (χ4v) is 3.95. The first kappa shape index (κ1) is 11.0. The van der Waals surface area contributed by atoms with Crippen molar-refractivity contribution >= 4 is 12.3 Å². The van der Waals surface area contributed by atoms with E-state index in [2.05, 4.69) is 6.08 Å². The molecule has 0 N–H and O–H groups in total. The Morgan fingerprint density at radius 2 is 2.12 bits per heavy atom. The molecular formula is C14H18O3. The van der Waals surface area contributed by atoms with Gasteiger partial charge in [-0.25, -0.2) is 4.79 Å². The molecule has 0 aromatic heterocycles. The second kappa shape index (κ2) is 3.97. The molecule has 1 saturated heterocycles. The maximum atomic E-state index is 11.7. The molecule has 3 heteroatoms. The van der Waals surface area contributed by atoms with Crippen LogP contribution in [0.25, 0.3) is 0 Å². The molecule has 0 bridgehead atoms. The molecule has 3 aliphatic rings. The molecule has 92 valence electrons. The lowest BCUT2D eigenvalue weighted by molar-refractivity contribution is -0.138. The number of cyclic esters (lactones) is 1. The molecule has 1 aliphatic heterocycles. The van der Waals surface area contributed by atoms with Gasteiger partial charge in [-0.05, 0) is 31.6 Å². The summed E-state index contributed by atoms with van der Waals surface area (Å²) < 4.78 is 5.28. The molecule has 17 heavy (non-hydrogen) atoms. The molecule has 3 rings (SSSR count). The van der Waals surface area contributed by atoms with Crippen LogP contribution in [0, 0.1) is 23.7 Å². The SMILES string of the molecule is C[C@@H]1OC(=O)C2=C[C@H]3CCCC[C@@H]3[C@@H](C=O)[C@H]21. The molecule has 1 saturated carbocycles. The van der Waals surface area contributed by atoms with Crippen LogP contribution in [0.4, 0.5) is 0 Å². The predicted octanol–water partition coefficient (Wildman–Crippen LogP) is 2.11. The summed E-state index contributed by atoms with van der Waals surface area (Å²) in [5.41, 5.74) is 0.776. The molecule has 2 aliphatic carbocycles. The fourth-order valence-electron chi connectivity index (χ4n) is 3.95. The van der Waals surface area contributed by atoms with Gasteiger partial charge in [-0.1, -0.05) is 18.9 Å². The van der Waals surface area contributed by atoms with E-state index in [1.54, 1.807) is 0 Å². The van der Waals surface area contributed by atoms with E-state index < -0.39 is 0 Å². The first-order chi connectivity index (χ1) is 8.22. The summed E-state index contributed by atoms with van der Waals surface area (Å²) >= 11 is 0. The van der Waals surface area contributed by atoms with Crippen molar-refractivity contribution in [3.05, 3.63) is 11.6 Å². The number of hydrogen-bond acceptors (Lipinski definition) is 3. The van der Waals surface area contributed by atoms with Gasteiger partial charge < -0.3 is 9.53 Å². The summed E-state index contributed by atoms with van der Waals surface area (Å²) in [6.07, 6.45) is 7.71. The van der Waals surface area contributed by atoms with Crippen molar-refractivity contribution in [2.75, 3.05) is 0 Å². The monoisotopic (exact) mass is 234 g/mol. The van der Waals surface area contributed by atoms with Crippen LogP contribution in [0.15, 0.2) is 11.6 Å². The number of hydrogen-bond donors (Lipinski definition) is 0. The molecule has 0 aromatic carbocycles. The Balaban J connectivity index is 2.01. The Hall–Kier alpha value is -1.12. The third-order valence-corrected chi connectivity index (χ3v) is 4.73. The van der Waals surface area contributed by atoms with E-state index in [4.69, 9.17) is 4.74 Å². The van der Waals surface area contributed by atoms with Crippen LogP contribution < -0.4 is 0 Å². The second-order valence-electron chi connectivity index (χ2n) is 5.58. The van der Waals surface area contributed by atoms with Gasteiger partial charge in [0.05, 0.1) is 0 Å². The van der Waals surface area contributed by atoms with Crippen LogP contribution in [0.3, 0.4) is 0 Å². The third-order valence-electron chi connectivity index (χ3n) is 4.73. The summed E-state index contributed by atoms with van der Waals surface area (Å²) in [4.78, 5) is 23.2. The highest BCUT2D eigenvalue weighted by Crippen LogP contribution is 2.48. The maximum absolute atomic E-state index is 11.7. The molecule has 0 radical (unpaired) electrons. The standard InChI is InChI=1S/C14H18O3/c1-8-13-11(14(16)17-8)6-9-4-2-3-5-10(9)12(13)7-15/h6-10,12-13H,2-5H2,1H3/t8-,9+,10-,12+,13-/m0/s1. The van der Waals surface area contributed by atoms with Gasteiger partial charge in [0.2, 0.25) is 0 Å². The smallest absolute Gasteiger partial charge is 0.334 e. The zero-order chi connectivity index (χ0) is 12.0. The minimum atomic E-state index is -0.196. The first-order valence-corrected chi connectivity index (χ1v) is 6.60. The van der Waals surface area contributed by atoms with Crippen molar-refractivity contribution in [1.29, 1.82) is 0 Å². The van der Waals surface area contributed by atoms with Gasteiger partial charge in [-0.3, -0.25) is 0 Å². The zero-order valence-corrected chi connectivity index (χ0v) is 10.1. The number of aldehydes is 1. The molecule has 0 spiro atoms. The molecule has 5 atom stereocenters. The van der Waals surface area contributed by atoms with Crippen LogP contribution in [-0.4, -0.2) is 18.4 Å². The molecule has 2 fully saturated rings. The molecule has 0 amide bonds. The fraction of sp³-hybridized carbons (Fsp3) is 0.714. The molecule has 0 aromatic rings. The van der Waals surface area contributed by atoms with E-state index in [0.717, 1.165) is 24.7 Å². The number of carbonyl (C=O) groups excluding carboxylic acids is 2. The normalized spacial score (nSPS) is 44.4. The van der Waals surface area contributed by atoms with Crippen molar-refractivity contribution in [2.45, 2.75) is 38.7 Å². The summed E-state index contributed by atoms with van der Waals surface area (Å²) in [6.45, 7) is 1.91. The number of carbonyl (C=O) groups is 2. The lowest BCUT2D eigenvalue weighted by Crippen LogP contribution is -2.39. The number of allylic oxidation sites excluding steroid dienone is 1. The van der Waals surface area contributed by atoms with Crippen LogP contribution in [0.2, 0.25) is 0 Å². The van der Waals surface area contributed by atoms with Gasteiger partial charge in [0.15, 0.2) is 0 Å². The van der Waals surface area contributed by atoms with Crippen LogP contribution in [-0.2, 0) is 14.3 Å². The van der Waals surface area contributed by atoms with E-state index in [1.165, 1.54) is 12.8 Å². The van der Waals surface area contributed by atoms with E-state index in [-0.39, 0.29) is 23.9 Å². The summed E-state index contributed by atoms with van der Waals surface area (Å²) in [6, 6.07) is 0. The van der Waals surface area contributed by atoms with Crippen LogP contribution in [0.5, 0.6) is 0 Å². The minimum Gasteiger partial charge on any atom is -0.459 e. The Morgan fingerprint density at radius 1 is 1.35 bits per heavy atom. The average Bonchev–Trinajstić information content (AvgIpc) is 2.62. The highest BCUT2D eigenvalue weighted by atomic mass is 16.5. The predicted molar refractivity (Wildman–Crippen MR) is 62.1 cm³/mol. The van der Waals surface area contributed by atoms with E-state index in [1.807, 2.05) is 6.92 Å². The van der Waals surface area contributed by atoms with Crippen molar-refractivity contribution in [1.82, 2.24) is 0 Å². The summed E-state index contributed by atoms with van der Waals surface area (Å²) in [7, 11) is 0. The highest BCUT2D eigenvalue weighted by Gasteiger charge is 2.49. The largest absolute Gasteiger partial charge is 0.459 e. The van der Waals surface area contributed by atoms with Crippen molar-refractivity contribution < 1.29 is 14.3 Å². The topological polar surface area (TPSA) is 43.4 Å². The summed E-state index contributed by atoms with van der Waals surface area (Å²) in [5.74, 6) is 0.662. The van der Waals surface area contributed by atoms with E-state index in [9.17, 15) is 9.59 Å². The Morgan fingerprint density at radius 3 is 2.88 bits per heavy atom. The lowest BCUT2D eigenvalue weighted by atomic mass is 9.62. The van der Waals surface area contributed by atoms with E-state index in [0.29, 0.717) is 11.8 Å². The summed E-state index contributed by atoms with van der Waals surface area (Å²) in [5, 5.41) is 0. The van der Waals surface area contributed by atoms with Crippen LogP contribution in [0.1, 0.15) is 32.6 Å². The van der Waals surface area contributed by atoms with Crippen molar-refractivity contribution in [2.24, 2.45) is 23.7 Å². The molecule has 1 heterocycles. The van der Waals surface area contributed by atoms with E-state index >= 15 is 0 Å². The van der Waals surface area contributed by atoms with Crippen molar-refractivity contribution in [3.63, 3.8) is 0 Å². The van der Waals surface area contributed by atoms with Gasteiger partial charge in [0.1, 0.15) is 12.4 Å². The zero-order valence-electron chi connectivity index (χ0n) is 10.1. The molecule has 3 nitrogen and oxygen atoms in total. The molecule has 0 unspecified atom stereocenters. The first-order valence-electron chi connectivity index (χ1n) is 6.60. The quantitative estimate of drug-likeness (QED) is 0.515. The number of rotatable bonds is 1. The number of ether oxygens (including phenoxy) is 1. The van der Waals surface area contributed by atoms with Gasteiger partial charge >= 0.3 is 5.97 Å². The lowest BCUT2D eigenvalue weighted by Gasteiger charge is -2.40. The maximum Gasteiger partial charge on any atom is 0.334 e. The number of fused-ring (bicyclic) bond motifs is 2. The second-order valence-corrected chi connectivity index (χ2v) is 5.58.